The monoisotopic (exact) mass is 291 g/mol. The number of hydrogen-bond acceptors (Lipinski definition) is 4. The van der Waals surface area contributed by atoms with Crippen molar-refractivity contribution in [2.24, 2.45) is 0 Å². The van der Waals surface area contributed by atoms with Gasteiger partial charge in [-0.2, -0.15) is 0 Å². The molecule has 21 heavy (non-hydrogen) atoms. The summed E-state index contributed by atoms with van der Waals surface area (Å²) in [5.41, 5.74) is 1.85. The highest BCUT2D eigenvalue weighted by molar-refractivity contribution is 5.92. The van der Waals surface area contributed by atoms with Gasteiger partial charge in [-0.05, 0) is 37.6 Å². The number of hydrogen-bond donors (Lipinski definition) is 2. The lowest BCUT2D eigenvalue weighted by molar-refractivity contribution is -0.119. The molecule has 1 saturated heterocycles. The molecule has 1 amide bonds. The quantitative estimate of drug-likeness (QED) is 0.843. The average molecular weight is 291 g/mol. The number of ether oxygens (including phenoxy) is 1. The van der Waals surface area contributed by atoms with Crippen LogP contribution in [0.4, 0.5) is 11.4 Å². The van der Waals surface area contributed by atoms with Crippen LogP contribution in [0.3, 0.4) is 0 Å². The molecule has 1 aromatic rings. The number of benzene rings is 1. The molecule has 0 aromatic heterocycles. The first-order valence-electron chi connectivity index (χ1n) is 7.59. The molecular weight excluding hydrogens is 266 g/mol. The Morgan fingerprint density at radius 2 is 2.05 bits per heavy atom. The highest BCUT2D eigenvalue weighted by atomic mass is 16.5. The second-order valence-electron chi connectivity index (χ2n) is 5.41. The molecule has 0 radical (unpaired) electrons. The SMILES string of the molecule is CCN1CCC(Nc2cccc(NC(=O)COC)c2)CC1. The van der Waals surface area contributed by atoms with Crippen LogP contribution in [-0.4, -0.2) is 50.2 Å². The number of nitrogens with zero attached hydrogens (tertiary/aromatic N) is 1. The van der Waals surface area contributed by atoms with E-state index in [4.69, 9.17) is 4.74 Å². The predicted molar refractivity (Wildman–Crippen MR) is 85.7 cm³/mol. The molecule has 2 rings (SSSR count). The molecule has 1 heterocycles. The van der Waals surface area contributed by atoms with Crippen LogP contribution in [0.1, 0.15) is 19.8 Å². The molecule has 0 aliphatic carbocycles. The summed E-state index contributed by atoms with van der Waals surface area (Å²) >= 11 is 0. The highest BCUT2D eigenvalue weighted by Crippen LogP contribution is 2.19. The molecule has 5 heteroatoms. The maximum atomic E-state index is 11.5. The van der Waals surface area contributed by atoms with E-state index >= 15 is 0 Å². The lowest BCUT2D eigenvalue weighted by Gasteiger charge is -2.32. The second-order valence-corrected chi connectivity index (χ2v) is 5.41. The minimum absolute atomic E-state index is 0.0765. The number of anilines is 2. The van der Waals surface area contributed by atoms with Crippen LogP contribution in [0.5, 0.6) is 0 Å². The molecule has 1 aliphatic rings. The maximum absolute atomic E-state index is 11.5. The fraction of sp³-hybridized carbons (Fsp3) is 0.562. The number of methoxy groups -OCH3 is 1. The van der Waals surface area contributed by atoms with Gasteiger partial charge in [0.25, 0.3) is 0 Å². The fourth-order valence-corrected chi connectivity index (χ4v) is 2.64. The van der Waals surface area contributed by atoms with Crippen LogP contribution in [0.15, 0.2) is 24.3 Å². The maximum Gasteiger partial charge on any atom is 0.250 e. The zero-order chi connectivity index (χ0) is 15.1. The van der Waals surface area contributed by atoms with Gasteiger partial charge in [-0.15, -0.1) is 0 Å². The summed E-state index contributed by atoms with van der Waals surface area (Å²) in [7, 11) is 1.51. The van der Waals surface area contributed by atoms with E-state index in [-0.39, 0.29) is 12.5 Å². The van der Waals surface area contributed by atoms with Gasteiger partial charge in [-0.3, -0.25) is 4.79 Å². The van der Waals surface area contributed by atoms with Crippen molar-refractivity contribution in [1.82, 2.24) is 4.90 Å². The van der Waals surface area contributed by atoms with Crippen molar-refractivity contribution in [2.45, 2.75) is 25.8 Å². The number of carbonyl (C=O) groups is 1. The van der Waals surface area contributed by atoms with E-state index < -0.39 is 0 Å². The topological polar surface area (TPSA) is 53.6 Å². The van der Waals surface area contributed by atoms with Crippen molar-refractivity contribution in [3.63, 3.8) is 0 Å². The zero-order valence-electron chi connectivity index (χ0n) is 12.9. The molecule has 0 bridgehead atoms. The highest BCUT2D eigenvalue weighted by Gasteiger charge is 2.17. The van der Waals surface area contributed by atoms with Crippen molar-refractivity contribution in [3.8, 4) is 0 Å². The third-order valence-electron chi connectivity index (χ3n) is 3.83. The minimum Gasteiger partial charge on any atom is -0.382 e. The molecule has 1 aromatic carbocycles. The number of nitrogens with one attached hydrogen (secondary N) is 2. The van der Waals surface area contributed by atoms with Crippen molar-refractivity contribution in [1.29, 1.82) is 0 Å². The molecule has 0 atom stereocenters. The van der Waals surface area contributed by atoms with Crippen molar-refractivity contribution in [3.05, 3.63) is 24.3 Å². The summed E-state index contributed by atoms with van der Waals surface area (Å²) < 4.78 is 4.82. The Bertz CT molecular complexity index is 457. The van der Waals surface area contributed by atoms with Gasteiger partial charge in [0.2, 0.25) is 5.91 Å². The van der Waals surface area contributed by atoms with Crippen LogP contribution in [0.25, 0.3) is 0 Å². The number of amides is 1. The van der Waals surface area contributed by atoms with E-state index in [0.717, 1.165) is 43.9 Å². The predicted octanol–water partition coefficient (Wildman–Crippen LogP) is 2.17. The number of carbonyl (C=O) groups excluding carboxylic acids is 1. The Kier molecular flexibility index (Phi) is 6.02. The van der Waals surface area contributed by atoms with Crippen LogP contribution in [0, 0.1) is 0 Å². The van der Waals surface area contributed by atoms with Gasteiger partial charge < -0.3 is 20.3 Å². The molecule has 0 spiro atoms. The number of rotatable bonds is 6. The van der Waals surface area contributed by atoms with Crippen LogP contribution in [0.2, 0.25) is 0 Å². The Hall–Kier alpha value is -1.59. The van der Waals surface area contributed by atoms with Crippen molar-refractivity contribution < 1.29 is 9.53 Å². The van der Waals surface area contributed by atoms with Crippen LogP contribution in [-0.2, 0) is 9.53 Å². The standard InChI is InChI=1S/C16H25N3O2/c1-3-19-9-7-13(8-10-19)17-14-5-4-6-15(11-14)18-16(20)12-21-2/h4-6,11,13,17H,3,7-10,12H2,1-2H3,(H,18,20). The molecule has 0 unspecified atom stereocenters. The van der Waals surface area contributed by atoms with Gasteiger partial charge >= 0.3 is 0 Å². The molecule has 1 aliphatic heterocycles. The normalized spacial score (nSPS) is 16.7. The van der Waals surface area contributed by atoms with E-state index in [9.17, 15) is 4.79 Å². The smallest absolute Gasteiger partial charge is 0.250 e. The summed E-state index contributed by atoms with van der Waals surface area (Å²) in [5, 5.41) is 6.39. The minimum atomic E-state index is -0.133. The van der Waals surface area contributed by atoms with Gasteiger partial charge in [0, 0.05) is 37.6 Å². The van der Waals surface area contributed by atoms with Crippen molar-refractivity contribution >= 4 is 17.3 Å². The van der Waals surface area contributed by atoms with Crippen molar-refractivity contribution in [2.75, 3.05) is 44.0 Å². The van der Waals surface area contributed by atoms with Gasteiger partial charge in [0.1, 0.15) is 6.61 Å². The first kappa shape index (κ1) is 15.8. The molecule has 1 fully saturated rings. The third kappa shape index (κ3) is 5.02. The molecule has 0 saturated carbocycles. The van der Waals surface area contributed by atoms with Gasteiger partial charge in [0.05, 0.1) is 0 Å². The first-order chi connectivity index (χ1) is 10.2. The molecule has 5 nitrogen and oxygen atoms in total. The lowest BCUT2D eigenvalue weighted by atomic mass is 10.0. The van der Waals surface area contributed by atoms with Gasteiger partial charge in [-0.25, -0.2) is 0 Å². The summed E-state index contributed by atoms with van der Waals surface area (Å²) in [6, 6.07) is 8.36. The Balaban J connectivity index is 1.88. The molecular formula is C16H25N3O2. The largest absolute Gasteiger partial charge is 0.382 e. The summed E-state index contributed by atoms with van der Waals surface area (Å²) in [6.45, 7) is 5.72. The Labute approximate surface area is 126 Å². The lowest BCUT2D eigenvalue weighted by Crippen LogP contribution is -2.38. The molecule has 116 valence electrons. The average Bonchev–Trinajstić information content (AvgIpc) is 2.48. The summed E-state index contributed by atoms with van der Waals surface area (Å²) in [6.07, 6.45) is 2.32. The van der Waals surface area contributed by atoms with Crippen LogP contribution < -0.4 is 10.6 Å². The molecule has 2 N–H and O–H groups in total. The fourth-order valence-electron chi connectivity index (χ4n) is 2.64. The summed E-state index contributed by atoms with van der Waals surface area (Å²) in [4.78, 5) is 14.0. The van der Waals surface area contributed by atoms with E-state index in [1.807, 2.05) is 24.3 Å². The number of piperidine rings is 1. The third-order valence-corrected chi connectivity index (χ3v) is 3.83. The second kappa shape index (κ2) is 8.00. The Morgan fingerprint density at radius 3 is 2.71 bits per heavy atom. The number of likely N-dealkylation sites (tertiary alicyclic amines) is 1. The van der Waals surface area contributed by atoms with Crippen LogP contribution >= 0.6 is 0 Å². The van der Waals surface area contributed by atoms with E-state index in [2.05, 4.69) is 22.5 Å². The first-order valence-corrected chi connectivity index (χ1v) is 7.59. The van der Waals surface area contributed by atoms with Gasteiger partial charge in [0.15, 0.2) is 0 Å². The van der Waals surface area contributed by atoms with E-state index in [1.54, 1.807) is 0 Å². The zero-order valence-corrected chi connectivity index (χ0v) is 12.9. The van der Waals surface area contributed by atoms with E-state index in [0.29, 0.717) is 6.04 Å². The van der Waals surface area contributed by atoms with E-state index in [1.165, 1.54) is 7.11 Å². The van der Waals surface area contributed by atoms with Gasteiger partial charge in [-0.1, -0.05) is 13.0 Å². The summed E-state index contributed by atoms with van der Waals surface area (Å²) in [5.74, 6) is -0.133. The Morgan fingerprint density at radius 1 is 1.33 bits per heavy atom.